The topological polar surface area (TPSA) is 90.2 Å². The molecule has 0 aliphatic heterocycles. The number of thioether (sulfide) groups is 1. The molecule has 0 bridgehead atoms. The summed E-state index contributed by atoms with van der Waals surface area (Å²) in [6.07, 6.45) is 5.55. The van der Waals surface area contributed by atoms with Crippen LogP contribution in [-0.2, 0) is 0 Å². The minimum atomic E-state index is -0.528. The summed E-state index contributed by atoms with van der Waals surface area (Å²) in [4.78, 5) is 18.1. The number of nitro groups is 1. The SMILES string of the molecule is COc1ncnc(NCC2(SC)CC2)c1[N+](=O)[O-]. The predicted octanol–water partition coefficient (Wildman–Crippen LogP) is 1.70. The highest BCUT2D eigenvalue weighted by Crippen LogP contribution is 2.47. The standard InChI is InChI=1S/C10H14N4O3S/c1-17-9-7(14(15)16)8(12-6-13-9)11-5-10(18-2)3-4-10/h6H,3-5H2,1-2H3,(H,11,12,13). The minimum Gasteiger partial charge on any atom is -0.476 e. The number of nitrogens with one attached hydrogen (secondary N) is 1. The maximum atomic E-state index is 11.0. The van der Waals surface area contributed by atoms with Crippen molar-refractivity contribution >= 4 is 23.3 Å². The molecular weight excluding hydrogens is 256 g/mol. The quantitative estimate of drug-likeness (QED) is 0.621. The van der Waals surface area contributed by atoms with E-state index in [1.54, 1.807) is 11.8 Å². The van der Waals surface area contributed by atoms with E-state index in [-0.39, 0.29) is 22.1 Å². The van der Waals surface area contributed by atoms with Crippen molar-refractivity contribution in [1.29, 1.82) is 0 Å². The van der Waals surface area contributed by atoms with Crippen molar-refractivity contribution in [2.45, 2.75) is 17.6 Å². The Morgan fingerprint density at radius 1 is 1.61 bits per heavy atom. The molecule has 2 rings (SSSR count). The lowest BCUT2D eigenvalue weighted by Gasteiger charge is -2.13. The van der Waals surface area contributed by atoms with Crippen molar-refractivity contribution in [3.05, 3.63) is 16.4 Å². The number of methoxy groups -OCH3 is 1. The van der Waals surface area contributed by atoms with Crippen molar-refractivity contribution in [3.63, 3.8) is 0 Å². The average molecular weight is 270 g/mol. The predicted molar refractivity (Wildman–Crippen MR) is 69.2 cm³/mol. The zero-order valence-corrected chi connectivity index (χ0v) is 11.0. The Morgan fingerprint density at radius 3 is 2.83 bits per heavy atom. The molecule has 18 heavy (non-hydrogen) atoms. The largest absolute Gasteiger partial charge is 0.476 e. The highest BCUT2D eigenvalue weighted by Gasteiger charge is 2.42. The van der Waals surface area contributed by atoms with Gasteiger partial charge in [0.25, 0.3) is 5.88 Å². The zero-order valence-electron chi connectivity index (χ0n) is 10.2. The van der Waals surface area contributed by atoms with Gasteiger partial charge in [-0.3, -0.25) is 10.1 Å². The smallest absolute Gasteiger partial charge is 0.372 e. The summed E-state index contributed by atoms with van der Waals surface area (Å²) in [6.45, 7) is 0.662. The maximum absolute atomic E-state index is 11.0. The van der Waals surface area contributed by atoms with E-state index in [0.29, 0.717) is 6.54 Å². The summed E-state index contributed by atoms with van der Waals surface area (Å²) < 4.78 is 5.08. The van der Waals surface area contributed by atoms with E-state index in [4.69, 9.17) is 4.74 Å². The second-order valence-corrected chi connectivity index (χ2v) is 5.35. The van der Waals surface area contributed by atoms with Crippen molar-refractivity contribution in [1.82, 2.24) is 9.97 Å². The van der Waals surface area contributed by atoms with Crippen LogP contribution in [0.4, 0.5) is 11.5 Å². The van der Waals surface area contributed by atoms with Crippen molar-refractivity contribution in [2.75, 3.05) is 25.2 Å². The monoisotopic (exact) mass is 270 g/mol. The molecule has 0 aromatic carbocycles. The molecule has 1 saturated carbocycles. The number of hydrogen-bond acceptors (Lipinski definition) is 7. The normalized spacial score (nSPS) is 16.1. The van der Waals surface area contributed by atoms with Gasteiger partial charge in [-0.05, 0) is 19.1 Å². The third-order valence-electron chi connectivity index (χ3n) is 2.98. The molecule has 0 amide bonds. The number of rotatable bonds is 6. The molecule has 0 spiro atoms. The van der Waals surface area contributed by atoms with Crippen LogP contribution in [0.2, 0.25) is 0 Å². The maximum Gasteiger partial charge on any atom is 0.372 e. The van der Waals surface area contributed by atoms with Crippen LogP contribution >= 0.6 is 11.8 Å². The van der Waals surface area contributed by atoms with Crippen LogP contribution in [0.5, 0.6) is 5.88 Å². The summed E-state index contributed by atoms with van der Waals surface area (Å²) in [6, 6.07) is 0. The molecule has 1 heterocycles. The van der Waals surface area contributed by atoms with E-state index < -0.39 is 4.92 Å². The Labute approximate surface area is 108 Å². The van der Waals surface area contributed by atoms with Crippen molar-refractivity contribution < 1.29 is 9.66 Å². The van der Waals surface area contributed by atoms with Crippen LogP contribution in [0.3, 0.4) is 0 Å². The molecule has 98 valence electrons. The summed E-state index contributed by atoms with van der Waals surface area (Å²) in [5, 5.41) is 14.0. The van der Waals surface area contributed by atoms with E-state index in [2.05, 4.69) is 15.3 Å². The van der Waals surface area contributed by atoms with Gasteiger partial charge in [0.1, 0.15) is 6.33 Å². The van der Waals surface area contributed by atoms with Gasteiger partial charge in [-0.2, -0.15) is 16.7 Å². The third-order valence-corrected chi connectivity index (χ3v) is 4.40. The van der Waals surface area contributed by atoms with Crippen LogP contribution < -0.4 is 10.1 Å². The lowest BCUT2D eigenvalue weighted by Crippen LogP contribution is -2.19. The van der Waals surface area contributed by atoms with Gasteiger partial charge in [-0.1, -0.05) is 0 Å². The average Bonchev–Trinajstić information content (AvgIpc) is 3.16. The first kappa shape index (κ1) is 12.9. The molecule has 0 atom stereocenters. The fourth-order valence-electron chi connectivity index (χ4n) is 1.64. The van der Waals surface area contributed by atoms with Crippen LogP contribution in [-0.4, -0.2) is 39.5 Å². The van der Waals surface area contributed by atoms with E-state index >= 15 is 0 Å². The Morgan fingerprint density at radius 2 is 2.33 bits per heavy atom. The van der Waals surface area contributed by atoms with Gasteiger partial charge in [0.05, 0.1) is 12.0 Å². The number of anilines is 1. The van der Waals surface area contributed by atoms with Gasteiger partial charge in [0.2, 0.25) is 5.82 Å². The lowest BCUT2D eigenvalue weighted by molar-refractivity contribution is -0.385. The molecule has 0 saturated heterocycles. The first-order valence-electron chi connectivity index (χ1n) is 5.44. The molecule has 0 radical (unpaired) electrons. The summed E-state index contributed by atoms with van der Waals surface area (Å²) in [7, 11) is 1.35. The summed E-state index contributed by atoms with van der Waals surface area (Å²) in [5.41, 5.74) is -0.211. The van der Waals surface area contributed by atoms with E-state index in [1.807, 2.05) is 6.26 Å². The van der Waals surface area contributed by atoms with Gasteiger partial charge in [0.15, 0.2) is 0 Å². The number of aromatic nitrogens is 2. The molecule has 1 fully saturated rings. The van der Waals surface area contributed by atoms with E-state index in [1.165, 1.54) is 13.4 Å². The summed E-state index contributed by atoms with van der Waals surface area (Å²) >= 11 is 1.77. The van der Waals surface area contributed by atoms with Crippen molar-refractivity contribution in [3.8, 4) is 5.88 Å². The molecule has 1 aromatic rings. The fraction of sp³-hybridized carbons (Fsp3) is 0.600. The molecule has 1 aliphatic carbocycles. The minimum absolute atomic E-state index is 0.0218. The van der Waals surface area contributed by atoms with E-state index in [0.717, 1.165) is 12.8 Å². The fourth-order valence-corrected chi connectivity index (χ4v) is 2.37. The van der Waals surface area contributed by atoms with Gasteiger partial charge < -0.3 is 10.1 Å². The van der Waals surface area contributed by atoms with Gasteiger partial charge in [-0.25, -0.2) is 4.98 Å². The van der Waals surface area contributed by atoms with Gasteiger partial charge in [0, 0.05) is 11.3 Å². The highest BCUT2D eigenvalue weighted by molar-refractivity contribution is 8.00. The van der Waals surface area contributed by atoms with Gasteiger partial charge in [-0.15, -0.1) is 0 Å². The molecule has 1 N–H and O–H groups in total. The third kappa shape index (κ3) is 2.47. The molecule has 1 aliphatic rings. The summed E-state index contributed by atoms with van der Waals surface area (Å²) in [5.74, 6) is 0.193. The second kappa shape index (κ2) is 4.97. The number of ether oxygens (including phenoxy) is 1. The molecule has 8 heteroatoms. The van der Waals surface area contributed by atoms with Crippen LogP contribution in [0.1, 0.15) is 12.8 Å². The Bertz CT molecular complexity index is 464. The van der Waals surface area contributed by atoms with Crippen LogP contribution in [0.25, 0.3) is 0 Å². The van der Waals surface area contributed by atoms with Gasteiger partial charge >= 0.3 is 5.69 Å². The lowest BCUT2D eigenvalue weighted by atomic mass is 10.4. The first-order valence-corrected chi connectivity index (χ1v) is 6.67. The Kier molecular flexibility index (Phi) is 3.55. The first-order chi connectivity index (χ1) is 8.62. The Balaban J connectivity index is 2.19. The molecule has 1 aromatic heterocycles. The van der Waals surface area contributed by atoms with Crippen molar-refractivity contribution in [2.24, 2.45) is 0 Å². The number of nitrogens with zero attached hydrogens (tertiary/aromatic N) is 3. The Hall–Kier alpha value is -1.57. The molecular formula is C10H14N4O3S. The number of hydrogen-bond donors (Lipinski definition) is 1. The second-order valence-electron chi connectivity index (χ2n) is 4.08. The zero-order chi connectivity index (χ0) is 13.2. The van der Waals surface area contributed by atoms with Crippen LogP contribution in [0, 0.1) is 10.1 Å². The highest BCUT2D eigenvalue weighted by atomic mass is 32.2. The molecule has 7 nitrogen and oxygen atoms in total. The van der Waals surface area contributed by atoms with E-state index in [9.17, 15) is 10.1 Å². The molecule has 0 unspecified atom stereocenters. The van der Waals surface area contributed by atoms with Crippen LogP contribution in [0.15, 0.2) is 6.33 Å².